The van der Waals surface area contributed by atoms with Crippen molar-refractivity contribution < 1.29 is 0 Å². The molecule has 2 heterocycles. The van der Waals surface area contributed by atoms with E-state index >= 15 is 0 Å². The van der Waals surface area contributed by atoms with Crippen LogP contribution in [-0.4, -0.2) is 19.8 Å². The third-order valence-electron chi connectivity index (χ3n) is 22.2. The fourth-order valence-corrected chi connectivity index (χ4v) is 17.7. The Morgan fingerprint density at radius 1 is 0.260 bits per heavy atom. The predicted octanol–water partition coefficient (Wildman–Crippen LogP) is 24.6. The number of hydrogen-bond donors (Lipinski definition) is 0. The second kappa shape index (κ2) is 26.0. The third kappa shape index (κ3) is 11.1. The topological polar surface area (TPSA) is 6.48 Å². The van der Waals surface area contributed by atoms with Gasteiger partial charge in [-0.25, -0.2) is 0 Å². The SMILES string of the molecule is CC(C)(C)Cc1cc2c3c(c1)N(CCc1c(-c4ccccc4)cc(-c4ccccc4)cc1-c1ccccc1)c1cc(-c4ccc5c6cccc7cccc(c8cccc4c85)c76)ccc1B3c1cc(-c3ccccc3)ccc1N2CCc1c(-c2ccccc2)cc(-c2ccccc2)cc1-c1ccccc1. The summed E-state index contributed by atoms with van der Waals surface area (Å²) in [6, 6.07) is 133. The van der Waals surface area contributed by atoms with Gasteiger partial charge in [-0.1, -0.05) is 324 Å². The maximum Gasteiger partial charge on any atom is 0.252 e. The molecule has 0 unspecified atom stereocenters. The molecule has 0 amide bonds. The Hall–Kier alpha value is -12.3. The zero-order chi connectivity index (χ0) is 69.4. The van der Waals surface area contributed by atoms with Crippen LogP contribution in [0.1, 0.15) is 37.5 Å². The molecule has 0 bridgehead atoms. The highest BCUT2D eigenvalue weighted by Gasteiger charge is 2.44. The van der Waals surface area contributed by atoms with E-state index in [4.69, 9.17) is 0 Å². The molecule has 2 nitrogen and oxygen atoms in total. The molecule has 0 saturated carbocycles. The Kier molecular flexibility index (Phi) is 15.6. The lowest BCUT2D eigenvalue weighted by Gasteiger charge is -2.45. The predicted molar refractivity (Wildman–Crippen MR) is 446 cm³/mol. The molecule has 0 spiro atoms. The molecular weight excluding hydrogens is 1250 g/mol. The molecule has 0 saturated heterocycles. The van der Waals surface area contributed by atoms with Gasteiger partial charge < -0.3 is 9.80 Å². The highest BCUT2D eigenvalue weighted by Crippen LogP contribution is 2.48. The summed E-state index contributed by atoms with van der Waals surface area (Å²) in [7, 11) is 0. The number of fused-ring (bicyclic) bond motifs is 6. The van der Waals surface area contributed by atoms with Crippen LogP contribution in [-0.2, 0) is 19.3 Å². The van der Waals surface area contributed by atoms with Gasteiger partial charge in [0.2, 0.25) is 0 Å². The van der Waals surface area contributed by atoms with Crippen molar-refractivity contribution in [3.8, 4) is 89.0 Å². The van der Waals surface area contributed by atoms with E-state index in [9.17, 15) is 0 Å². The molecular formula is C101H77BN2. The Balaban J connectivity index is 0.855. The first-order valence-corrected chi connectivity index (χ1v) is 37.0. The van der Waals surface area contributed by atoms with Gasteiger partial charge in [0, 0.05) is 35.8 Å². The van der Waals surface area contributed by atoms with E-state index in [0.29, 0.717) is 0 Å². The minimum atomic E-state index is -0.0953. The lowest BCUT2D eigenvalue weighted by atomic mass is 9.33. The van der Waals surface area contributed by atoms with Crippen LogP contribution in [0.4, 0.5) is 22.7 Å². The number of hydrogen-bond acceptors (Lipinski definition) is 2. The van der Waals surface area contributed by atoms with Gasteiger partial charge in [-0.2, -0.15) is 0 Å². The lowest BCUT2D eigenvalue weighted by Crippen LogP contribution is -2.62. The summed E-state index contributed by atoms with van der Waals surface area (Å²) in [6.45, 7) is 8.58. The smallest absolute Gasteiger partial charge is 0.252 e. The average molecular weight is 1330 g/mol. The van der Waals surface area contributed by atoms with Crippen molar-refractivity contribution in [3.05, 3.63) is 369 Å². The molecule has 19 rings (SSSR count). The minimum Gasteiger partial charge on any atom is -0.342 e. The van der Waals surface area contributed by atoms with E-state index in [1.807, 2.05) is 0 Å². The van der Waals surface area contributed by atoms with Crippen molar-refractivity contribution >= 4 is 88.9 Å². The van der Waals surface area contributed by atoms with E-state index in [-0.39, 0.29) is 12.1 Å². The highest BCUT2D eigenvalue weighted by molar-refractivity contribution is 7.00. The zero-order valence-corrected chi connectivity index (χ0v) is 59.0. The second-order valence-corrected chi connectivity index (χ2v) is 29.8. The van der Waals surface area contributed by atoms with Crippen LogP contribution in [0.3, 0.4) is 0 Å². The number of anilines is 4. The number of nitrogens with zero attached hydrogens (tertiary/aromatic N) is 2. The average Bonchev–Trinajstić information content (AvgIpc) is 0.710. The van der Waals surface area contributed by atoms with Crippen LogP contribution in [0.2, 0.25) is 0 Å². The van der Waals surface area contributed by atoms with Crippen LogP contribution >= 0.6 is 0 Å². The first-order chi connectivity index (χ1) is 51.2. The Labute approximate surface area is 610 Å². The van der Waals surface area contributed by atoms with Gasteiger partial charge in [0.15, 0.2) is 0 Å². The van der Waals surface area contributed by atoms with Crippen LogP contribution in [0.15, 0.2) is 352 Å². The van der Waals surface area contributed by atoms with E-state index in [1.165, 1.54) is 188 Å². The van der Waals surface area contributed by atoms with Crippen molar-refractivity contribution in [1.82, 2.24) is 0 Å². The summed E-state index contributed by atoms with van der Waals surface area (Å²) < 4.78 is 0. The summed E-state index contributed by atoms with van der Waals surface area (Å²) in [4.78, 5) is 5.53. The fourth-order valence-electron chi connectivity index (χ4n) is 17.7. The van der Waals surface area contributed by atoms with Gasteiger partial charge in [-0.3, -0.25) is 0 Å². The maximum atomic E-state index is 2.78. The van der Waals surface area contributed by atoms with Gasteiger partial charge in [0.1, 0.15) is 0 Å². The summed E-state index contributed by atoms with van der Waals surface area (Å²) >= 11 is 0. The molecule has 3 heteroatoms. The molecule has 2 aliphatic rings. The molecule has 0 aliphatic carbocycles. The molecule has 0 radical (unpaired) electrons. The first kappa shape index (κ1) is 62.7. The largest absolute Gasteiger partial charge is 0.342 e. The normalized spacial score (nSPS) is 12.5. The monoisotopic (exact) mass is 1330 g/mol. The van der Waals surface area contributed by atoms with E-state index in [0.717, 1.165) is 32.4 Å². The molecule has 104 heavy (non-hydrogen) atoms. The van der Waals surface area contributed by atoms with Crippen molar-refractivity contribution in [1.29, 1.82) is 0 Å². The molecule has 17 aromatic rings. The summed E-state index contributed by atoms with van der Waals surface area (Å²) in [6.07, 6.45) is 2.46. The third-order valence-corrected chi connectivity index (χ3v) is 22.2. The van der Waals surface area contributed by atoms with Crippen LogP contribution in [0.25, 0.3) is 132 Å². The van der Waals surface area contributed by atoms with Crippen LogP contribution in [0.5, 0.6) is 0 Å². The fraction of sp³-hybridized carbons (Fsp3) is 0.0891. The molecule has 17 aromatic carbocycles. The van der Waals surface area contributed by atoms with Gasteiger partial charge in [0.25, 0.3) is 6.71 Å². The summed E-state index contributed by atoms with van der Waals surface area (Å²) in [5.74, 6) is 0. The van der Waals surface area contributed by atoms with Crippen LogP contribution < -0.4 is 26.2 Å². The maximum absolute atomic E-state index is 2.78. The zero-order valence-electron chi connectivity index (χ0n) is 59.0. The first-order valence-electron chi connectivity index (χ1n) is 37.0. The number of benzene rings is 17. The van der Waals surface area contributed by atoms with E-state index in [1.54, 1.807) is 0 Å². The Bertz CT molecular complexity index is 5920. The molecule has 0 aromatic heterocycles. The molecule has 0 atom stereocenters. The molecule has 2 aliphatic heterocycles. The van der Waals surface area contributed by atoms with Crippen molar-refractivity contribution in [2.24, 2.45) is 5.41 Å². The highest BCUT2D eigenvalue weighted by atomic mass is 15.2. The van der Waals surface area contributed by atoms with Gasteiger partial charge in [0.05, 0.1) is 0 Å². The number of rotatable bonds is 15. The summed E-state index contributed by atoms with van der Waals surface area (Å²) in [5, 5.41) is 10.4. The van der Waals surface area contributed by atoms with Gasteiger partial charge in [-0.05, 0) is 238 Å². The molecule has 494 valence electrons. The second-order valence-electron chi connectivity index (χ2n) is 29.8. The Morgan fingerprint density at radius 3 is 1.12 bits per heavy atom. The standard InChI is InChI=1S/C101H77BN2/c1-101(2,3)66-67-58-96-100-97(59-67)104(57-55-82-90(73-38-21-9-22-39-73)62-79(70-32-15-6-16-33-70)63-91(82)74-40-23-10-24-41-74)95-65-77(80-50-51-87-85-45-26-43-75-42-25-44-84(98(75)85)86-47-27-46-83(80)99(86)87)48-52-92(95)102(100)93-64-76(68-28-11-4-12-29-68)49-53-94(93)103(96)56-54-81-88(71-34-17-7-18-35-71)60-78(69-30-13-5-14-31-69)61-89(81)72-36-19-8-20-37-72/h4-53,58-65H,54-57,66H2,1-3H3. The van der Waals surface area contributed by atoms with Crippen molar-refractivity contribution in [2.45, 2.75) is 40.0 Å². The van der Waals surface area contributed by atoms with Gasteiger partial charge >= 0.3 is 0 Å². The van der Waals surface area contributed by atoms with Gasteiger partial charge in [-0.15, -0.1) is 0 Å². The molecule has 0 fully saturated rings. The summed E-state index contributed by atoms with van der Waals surface area (Å²) in [5.41, 5.74) is 32.7. The van der Waals surface area contributed by atoms with Crippen LogP contribution in [0, 0.1) is 5.41 Å². The molecule has 0 N–H and O–H groups in total. The minimum absolute atomic E-state index is 0.0149. The van der Waals surface area contributed by atoms with E-state index in [2.05, 4.69) is 382 Å². The lowest BCUT2D eigenvalue weighted by molar-refractivity contribution is 0.411. The Morgan fingerprint density at radius 2 is 0.654 bits per heavy atom. The van der Waals surface area contributed by atoms with Crippen molar-refractivity contribution in [2.75, 3.05) is 22.9 Å². The quantitative estimate of drug-likeness (QED) is 0.0573. The van der Waals surface area contributed by atoms with E-state index < -0.39 is 0 Å². The van der Waals surface area contributed by atoms with Crippen molar-refractivity contribution in [3.63, 3.8) is 0 Å².